The van der Waals surface area contributed by atoms with Crippen molar-refractivity contribution in [3.63, 3.8) is 0 Å². The van der Waals surface area contributed by atoms with Gasteiger partial charge in [-0.3, -0.25) is 4.79 Å². The monoisotopic (exact) mass is 451 g/mol. The summed E-state index contributed by atoms with van der Waals surface area (Å²) < 4.78 is 10.9. The minimum absolute atomic E-state index is 0.204. The van der Waals surface area contributed by atoms with Crippen LogP contribution in [0.25, 0.3) is 33.1 Å². The smallest absolute Gasteiger partial charge is 0.269 e. The fourth-order valence-electron chi connectivity index (χ4n) is 4.21. The number of carbonyl (C=O) groups excluding carboxylic acids is 1. The number of amides is 1. The summed E-state index contributed by atoms with van der Waals surface area (Å²) in [5, 5.41) is 5.00. The van der Waals surface area contributed by atoms with E-state index < -0.39 is 0 Å². The van der Waals surface area contributed by atoms with Crippen LogP contribution in [0.4, 0.5) is 0 Å². The number of para-hydroxylation sites is 1. The van der Waals surface area contributed by atoms with E-state index in [0.717, 1.165) is 33.8 Å². The van der Waals surface area contributed by atoms with Crippen LogP contribution in [0.2, 0.25) is 0 Å². The average Bonchev–Trinajstić information content (AvgIpc) is 3.27. The summed E-state index contributed by atoms with van der Waals surface area (Å²) in [6.45, 7) is 0.530. The first kappa shape index (κ1) is 21.5. The molecule has 0 aliphatic carbocycles. The molecule has 170 valence electrons. The van der Waals surface area contributed by atoms with E-state index in [1.54, 1.807) is 14.2 Å². The number of nitrogens with zero attached hydrogens (tertiary/aromatic N) is 1. The molecule has 5 rings (SSSR count). The van der Waals surface area contributed by atoms with Crippen LogP contribution in [-0.2, 0) is 6.42 Å². The minimum atomic E-state index is -0.204. The van der Waals surface area contributed by atoms with Crippen LogP contribution in [0.5, 0.6) is 11.5 Å². The fourth-order valence-corrected chi connectivity index (χ4v) is 4.21. The van der Waals surface area contributed by atoms with E-state index in [1.165, 1.54) is 5.56 Å². The van der Waals surface area contributed by atoms with E-state index in [2.05, 4.69) is 22.4 Å². The lowest BCUT2D eigenvalue weighted by molar-refractivity contribution is 0.0949. The van der Waals surface area contributed by atoms with Crippen molar-refractivity contribution >= 4 is 27.7 Å². The highest BCUT2D eigenvalue weighted by molar-refractivity contribution is 6.13. The summed E-state index contributed by atoms with van der Waals surface area (Å²) >= 11 is 0. The number of aromatic nitrogens is 2. The molecule has 2 heterocycles. The van der Waals surface area contributed by atoms with Crippen molar-refractivity contribution in [1.29, 1.82) is 0 Å². The molecular formula is C28H25N3O3. The zero-order valence-electron chi connectivity index (χ0n) is 19.1. The minimum Gasteiger partial charge on any atom is -0.493 e. The molecule has 0 radical (unpaired) electrons. The summed E-state index contributed by atoms with van der Waals surface area (Å²) in [7, 11) is 3.20. The second kappa shape index (κ2) is 9.27. The number of rotatable bonds is 7. The molecule has 0 saturated carbocycles. The molecule has 1 amide bonds. The Morgan fingerprint density at radius 3 is 2.44 bits per heavy atom. The Kier molecular flexibility index (Phi) is 5.87. The molecule has 0 spiro atoms. The number of pyridine rings is 1. The summed E-state index contributed by atoms with van der Waals surface area (Å²) in [4.78, 5) is 21.4. The third-order valence-electron chi connectivity index (χ3n) is 5.93. The van der Waals surface area contributed by atoms with Crippen LogP contribution in [0, 0.1) is 0 Å². The molecule has 0 bridgehead atoms. The molecule has 2 aromatic heterocycles. The van der Waals surface area contributed by atoms with E-state index in [9.17, 15) is 4.79 Å². The van der Waals surface area contributed by atoms with Crippen molar-refractivity contribution in [3.8, 4) is 22.8 Å². The first-order valence-corrected chi connectivity index (χ1v) is 11.1. The Morgan fingerprint density at radius 2 is 1.65 bits per heavy atom. The second-order valence-electron chi connectivity index (χ2n) is 8.01. The van der Waals surface area contributed by atoms with Crippen molar-refractivity contribution in [2.45, 2.75) is 6.42 Å². The predicted molar refractivity (Wildman–Crippen MR) is 135 cm³/mol. The normalized spacial score (nSPS) is 11.0. The van der Waals surface area contributed by atoms with Gasteiger partial charge < -0.3 is 19.8 Å². The Balaban J connectivity index is 1.56. The molecule has 0 fully saturated rings. The van der Waals surface area contributed by atoms with E-state index >= 15 is 0 Å². The van der Waals surface area contributed by atoms with E-state index in [0.29, 0.717) is 29.4 Å². The average molecular weight is 452 g/mol. The largest absolute Gasteiger partial charge is 0.493 e. The number of hydrogen-bond donors (Lipinski definition) is 2. The number of hydrogen-bond acceptors (Lipinski definition) is 4. The molecule has 3 aromatic carbocycles. The summed E-state index contributed by atoms with van der Waals surface area (Å²) in [6, 6.07) is 25.6. The zero-order valence-corrected chi connectivity index (χ0v) is 19.1. The van der Waals surface area contributed by atoms with Gasteiger partial charge in [0.1, 0.15) is 5.69 Å². The lowest BCUT2D eigenvalue weighted by Gasteiger charge is -2.11. The molecule has 2 N–H and O–H groups in total. The van der Waals surface area contributed by atoms with Gasteiger partial charge in [-0.2, -0.15) is 0 Å². The van der Waals surface area contributed by atoms with Crippen LogP contribution >= 0.6 is 0 Å². The highest BCUT2D eigenvalue weighted by Crippen LogP contribution is 2.36. The Morgan fingerprint density at radius 1 is 0.882 bits per heavy atom. The third-order valence-corrected chi connectivity index (χ3v) is 5.93. The van der Waals surface area contributed by atoms with Gasteiger partial charge in [-0.15, -0.1) is 0 Å². The first-order chi connectivity index (χ1) is 16.7. The standard InChI is InChI=1S/C28H25N3O3/c1-33-24-13-12-19(16-25(24)34-2)26-27-21(20-10-6-7-11-22(20)30-27)17-23(31-26)28(32)29-15-14-18-8-4-3-5-9-18/h3-13,16-17,30H,14-15H2,1-2H3,(H,29,32). The van der Waals surface area contributed by atoms with Gasteiger partial charge in [0.25, 0.3) is 5.91 Å². The van der Waals surface area contributed by atoms with Crippen LogP contribution in [0.1, 0.15) is 16.1 Å². The van der Waals surface area contributed by atoms with Gasteiger partial charge in [0.05, 0.1) is 25.4 Å². The molecule has 0 saturated heterocycles. The SMILES string of the molecule is COc1ccc(-c2nc(C(=O)NCCc3ccccc3)cc3c2[nH]c2ccccc23)cc1OC. The van der Waals surface area contributed by atoms with Gasteiger partial charge in [-0.25, -0.2) is 4.98 Å². The second-order valence-corrected chi connectivity index (χ2v) is 8.01. The number of nitrogens with one attached hydrogen (secondary N) is 2. The van der Waals surface area contributed by atoms with Crippen molar-refractivity contribution in [3.05, 3.63) is 90.1 Å². The maximum absolute atomic E-state index is 13.1. The summed E-state index contributed by atoms with van der Waals surface area (Å²) in [5.74, 6) is 1.03. The highest BCUT2D eigenvalue weighted by atomic mass is 16.5. The predicted octanol–water partition coefficient (Wildman–Crippen LogP) is 5.37. The van der Waals surface area contributed by atoms with Crippen LogP contribution in [-0.4, -0.2) is 36.6 Å². The quantitative estimate of drug-likeness (QED) is 0.349. The highest BCUT2D eigenvalue weighted by Gasteiger charge is 2.18. The number of fused-ring (bicyclic) bond motifs is 3. The van der Waals surface area contributed by atoms with Crippen molar-refractivity contribution in [2.75, 3.05) is 20.8 Å². The van der Waals surface area contributed by atoms with Gasteiger partial charge in [-0.1, -0.05) is 48.5 Å². The maximum atomic E-state index is 13.1. The molecule has 0 aliphatic rings. The molecule has 5 aromatic rings. The number of methoxy groups -OCH3 is 2. The van der Waals surface area contributed by atoms with Gasteiger partial charge in [0.15, 0.2) is 11.5 Å². The van der Waals surface area contributed by atoms with E-state index in [4.69, 9.17) is 14.5 Å². The maximum Gasteiger partial charge on any atom is 0.269 e. The van der Waals surface area contributed by atoms with Gasteiger partial charge in [0.2, 0.25) is 0 Å². The van der Waals surface area contributed by atoms with Crippen LogP contribution < -0.4 is 14.8 Å². The molecule has 0 aliphatic heterocycles. The molecule has 0 unspecified atom stereocenters. The first-order valence-electron chi connectivity index (χ1n) is 11.1. The topological polar surface area (TPSA) is 76.2 Å². The van der Waals surface area contributed by atoms with Gasteiger partial charge in [0, 0.05) is 28.4 Å². The Hall–Kier alpha value is -4.32. The number of H-pyrrole nitrogens is 1. The molecule has 34 heavy (non-hydrogen) atoms. The van der Waals surface area contributed by atoms with Gasteiger partial charge >= 0.3 is 0 Å². The lowest BCUT2D eigenvalue weighted by Crippen LogP contribution is -2.26. The number of carbonyl (C=O) groups is 1. The van der Waals surface area contributed by atoms with Crippen molar-refractivity contribution in [1.82, 2.24) is 15.3 Å². The number of ether oxygens (including phenoxy) is 2. The van der Waals surface area contributed by atoms with E-state index in [-0.39, 0.29) is 5.91 Å². The Labute approximate surface area is 197 Å². The van der Waals surface area contributed by atoms with Crippen LogP contribution in [0.3, 0.4) is 0 Å². The van der Waals surface area contributed by atoms with Crippen LogP contribution in [0.15, 0.2) is 78.9 Å². The Bertz CT molecular complexity index is 1480. The van der Waals surface area contributed by atoms with Crippen molar-refractivity contribution < 1.29 is 14.3 Å². The molecule has 0 atom stereocenters. The molecule has 6 nitrogen and oxygen atoms in total. The molecule has 6 heteroatoms. The third kappa shape index (κ3) is 4.06. The van der Waals surface area contributed by atoms with Crippen molar-refractivity contribution in [2.24, 2.45) is 0 Å². The fraction of sp³-hybridized carbons (Fsp3) is 0.143. The lowest BCUT2D eigenvalue weighted by atomic mass is 10.1. The summed E-state index contributed by atoms with van der Waals surface area (Å²) in [6.07, 6.45) is 0.754. The summed E-state index contributed by atoms with van der Waals surface area (Å²) in [5.41, 5.74) is 4.91. The molecular weight excluding hydrogens is 426 g/mol. The zero-order chi connectivity index (χ0) is 23.5. The van der Waals surface area contributed by atoms with E-state index in [1.807, 2.05) is 66.7 Å². The number of benzene rings is 3. The number of aromatic amines is 1. The van der Waals surface area contributed by atoms with Gasteiger partial charge in [-0.05, 0) is 42.3 Å².